The van der Waals surface area contributed by atoms with Crippen molar-refractivity contribution >= 4 is 11.6 Å². The number of aromatic hydroxyl groups is 1. The fourth-order valence-electron chi connectivity index (χ4n) is 6.14. The lowest BCUT2D eigenvalue weighted by molar-refractivity contribution is -0.261. The van der Waals surface area contributed by atoms with E-state index in [0.717, 1.165) is 0 Å². The van der Waals surface area contributed by atoms with Gasteiger partial charge >= 0.3 is 0 Å². The molecule has 210 valence electrons. The molecule has 2 aromatic rings. The topological polar surface area (TPSA) is 146 Å². The van der Waals surface area contributed by atoms with E-state index in [2.05, 4.69) is 0 Å². The fourth-order valence-corrected chi connectivity index (χ4v) is 6.14. The third-order valence-corrected chi connectivity index (χ3v) is 8.50. The number of ether oxygens (including phenoxy) is 3. The number of ketones is 2. The Morgan fingerprint density at radius 3 is 2.46 bits per heavy atom. The summed E-state index contributed by atoms with van der Waals surface area (Å²) in [5.41, 5.74) is -1.50. The van der Waals surface area contributed by atoms with Gasteiger partial charge in [-0.2, -0.15) is 0 Å². The zero-order chi connectivity index (χ0) is 28.4. The summed E-state index contributed by atoms with van der Waals surface area (Å²) in [5.74, 6) is -1.40. The largest absolute Gasteiger partial charge is 0.507 e. The lowest BCUT2D eigenvalue weighted by Crippen LogP contribution is -2.54. The lowest BCUT2D eigenvalue weighted by atomic mass is 9.71. The van der Waals surface area contributed by atoms with Crippen LogP contribution in [0.3, 0.4) is 0 Å². The lowest BCUT2D eigenvalue weighted by Gasteiger charge is -2.45. The van der Waals surface area contributed by atoms with Gasteiger partial charge in [0.2, 0.25) is 0 Å². The number of rotatable bonds is 5. The molecule has 7 unspecified atom stereocenters. The molecule has 0 bridgehead atoms. The summed E-state index contributed by atoms with van der Waals surface area (Å²) in [5, 5.41) is 44.7. The number of methoxy groups -OCH3 is 1. The predicted octanol–water partition coefficient (Wildman–Crippen LogP) is 2.24. The first kappa shape index (κ1) is 27.7. The standard InChI is InChI=1S/C29H35NO9/c1-6-29(36)12-19(39-20-11-17(30(3)4)24(31)13(2)38-20)15-10-16-22(27(34)23(15)28(29)35)25(32)14-8-7-9-18(37-5)21(14)26(16)33/h7-10,13,17,19-20,24,28,31,34-36H,6,11-12H2,1-5H3. The first-order valence-corrected chi connectivity index (χ1v) is 13.2. The second-order valence-corrected chi connectivity index (χ2v) is 10.9. The number of aliphatic hydroxyl groups is 3. The van der Waals surface area contributed by atoms with Crippen molar-refractivity contribution < 1.29 is 44.2 Å². The van der Waals surface area contributed by atoms with Crippen LogP contribution < -0.4 is 4.74 Å². The van der Waals surface area contributed by atoms with Crippen LogP contribution >= 0.6 is 0 Å². The first-order chi connectivity index (χ1) is 18.4. The quantitative estimate of drug-likeness (QED) is 0.379. The van der Waals surface area contributed by atoms with Gasteiger partial charge in [-0.05, 0) is 45.1 Å². The van der Waals surface area contributed by atoms with Crippen LogP contribution in [-0.2, 0) is 9.47 Å². The van der Waals surface area contributed by atoms with Crippen LogP contribution in [0.15, 0.2) is 24.3 Å². The molecule has 5 rings (SSSR count). The minimum Gasteiger partial charge on any atom is -0.507 e. The van der Waals surface area contributed by atoms with Gasteiger partial charge in [-0.3, -0.25) is 9.59 Å². The Hall–Kier alpha value is -2.86. The Balaban J connectivity index is 1.63. The number of phenolic OH excluding ortho intramolecular Hbond substituents is 1. The van der Waals surface area contributed by atoms with Gasteiger partial charge in [0.05, 0.1) is 42.1 Å². The molecule has 0 saturated carbocycles. The van der Waals surface area contributed by atoms with E-state index in [0.29, 0.717) is 12.0 Å². The molecule has 7 atom stereocenters. The van der Waals surface area contributed by atoms with E-state index in [4.69, 9.17) is 14.2 Å². The van der Waals surface area contributed by atoms with Gasteiger partial charge in [-0.15, -0.1) is 0 Å². The van der Waals surface area contributed by atoms with Gasteiger partial charge in [0, 0.05) is 35.6 Å². The molecule has 0 amide bonds. The number of carbonyl (C=O) groups excluding carboxylic acids is 2. The highest BCUT2D eigenvalue weighted by atomic mass is 16.7. The van der Waals surface area contributed by atoms with E-state index >= 15 is 0 Å². The molecule has 10 heteroatoms. The summed E-state index contributed by atoms with van der Waals surface area (Å²) in [6, 6.07) is 5.87. The molecule has 0 spiro atoms. The summed E-state index contributed by atoms with van der Waals surface area (Å²) in [6.45, 7) is 3.45. The molecular weight excluding hydrogens is 506 g/mol. The average Bonchev–Trinajstić information content (AvgIpc) is 2.91. The van der Waals surface area contributed by atoms with Crippen LogP contribution in [-0.4, -0.2) is 88.2 Å². The number of hydrogen-bond donors (Lipinski definition) is 4. The van der Waals surface area contributed by atoms with Crippen LogP contribution in [0, 0.1) is 0 Å². The second kappa shape index (κ2) is 9.96. The smallest absolute Gasteiger partial charge is 0.198 e. The summed E-state index contributed by atoms with van der Waals surface area (Å²) in [7, 11) is 5.11. The van der Waals surface area contributed by atoms with Gasteiger partial charge in [-0.1, -0.05) is 19.1 Å². The highest BCUT2D eigenvalue weighted by Gasteiger charge is 2.49. The normalized spacial score (nSPS) is 32.0. The predicted molar refractivity (Wildman–Crippen MR) is 139 cm³/mol. The Bertz CT molecular complexity index is 1320. The summed E-state index contributed by atoms with van der Waals surface area (Å²) in [4.78, 5) is 29.1. The Morgan fingerprint density at radius 1 is 1.13 bits per heavy atom. The number of benzene rings is 2. The molecule has 0 radical (unpaired) electrons. The first-order valence-electron chi connectivity index (χ1n) is 13.2. The van der Waals surface area contributed by atoms with Crippen molar-refractivity contribution in [1.29, 1.82) is 0 Å². The SMILES string of the molecule is CCC1(O)CC(OC2CC(N(C)C)C(O)C(C)O2)c2cc3c(c(O)c2C1O)C(=O)c1cccc(OC)c1C3=O. The summed E-state index contributed by atoms with van der Waals surface area (Å²) < 4.78 is 17.6. The zero-order valence-electron chi connectivity index (χ0n) is 22.7. The molecule has 1 fully saturated rings. The summed E-state index contributed by atoms with van der Waals surface area (Å²) in [6.07, 6.45) is -4.03. The van der Waals surface area contributed by atoms with Gasteiger partial charge in [0.1, 0.15) is 17.6 Å². The number of likely N-dealkylation sites (N-methyl/N-ethyl adjacent to an activating group) is 1. The minimum absolute atomic E-state index is 0.0319. The monoisotopic (exact) mass is 541 g/mol. The van der Waals surface area contributed by atoms with Crippen LogP contribution in [0.1, 0.15) is 88.3 Å². The molecule has 1 aliphatic heterocycles. The third kappa shape index (κ3) is 4.26. The Kier molecular flexibility index (Phi) is 7.07. The number of carbonyl (C=O) groups is 2. The van der Waals surface area contributed by atoms with E-state index in [9.17, 15) is 30.0 Å². The van der Waals surface area contributed by atoms with Crippen LogP contribution in [0.25, 0.3) is 0 Å². The van der Waals surface area contributed by atoms with E-state index < -0.39 is 53.6 Å². The van der Waals surface area contributed by atoms with Crippen molar-refractivity contribution in [2.75, 3.05) is 21.2 Å². The van der Waals surface area contributed by atoms with E-state index in [1.807, 2.05) is 19.0 Å². The van der Waals surface area contributed by atoms with E-state index in [1.54, 1.807) is 26.0 Å². The Morgan fingerprint density at radius 2 is 1.82 bits per heavy atom. The molecule has 39 heavy (non-hydrogen) atoms. The van der Waals surface area contributed by atoms with Crippen molar-refractivity contribution in [3.63, 3.8) is 0 Å². The molecule has 3 aliphatic rings. The molecular formula is C29H35NO9. The third-order valence-electron chi connectivity index (χ3n) is 8.50. The van der Waals surface area contributed by atoms with Crippen LogP contribution in [0.4, 0.5) is 0 Å². The molecule has 0 aromatic heterocycles. The van der Waals surface area contributed by atoms with Gasteiger partial charge in [-0.25, -0.2) is 0 Å². The number of nitrogens with zero attached hydrogens (tertiary/aromatic N) is 1. The second-order valence-electron chi connectivity index (χ2n) is 10.9. The number of hydrogen-bond acceptors (Lipinski definition) is 10. The maximum absolute atomic E-state index is 13.7. The van der Waals surface area contributed by atoms with Crippen molar-refractivity contribution in [2.45, 2.75) is 75.5 Å². The maximum Gasteiger partial charge on any atom is 0.198 e. The molecule has 10 nitrogen and oxygen atoms in total. The minimum atomic E-state index is -1.67. The van der Waals surface area contributed by atoms with Crippen molar-refractivity contribution in [1.82, 2.24) is 4.90 Å². The zero-order valence-corrected chi connectivity index (χ0v) is 22.7. The molecule has 2 aliphatic carbocycles. The molecule has 1 saturated heterocycles. The Labute approximate surface area is 226 Å². The highest BCUT2D eigenvalue weighted by Crippen LogP contribution is 2.52. The van der Waals surface area contributed by atoms with Gasteiger partial charge in [0.15, 0.2) is 17.9 Å². The maximum atomic E-state index is 13.7. The van der Waals surface area contributed by atoms with Crippen molar-refractivity contribution in [3.05, 3.63) is 57.6 Å². The van der Waals surface area contributed by atoms with Gasteiger partial charge < -0.3 is 39.5 Å². The molecule has 2 aromatic carbocycles. The van der Waals surface area contributed by atoms with Crippen LogP contribution in [0.5, 0.6) is 11.5 Å². The van der Waals surface area contributed by atoms with E-state index in [1.165, 1.54) is 19.2 Å². The average molecular weight is 542 g/mol. The number of fused-ring (bicyclic) bond motifs is 3. The van der Waals surface area contributed by atoms with Gasteiger partial charge in [0.25, 0.3) is 0 Å². The number of aliphatic hydroxyl groups excluding tert-OH is 2. The van der Waals surface area contributed by atoms with Crippen molar-refractivity contribution in [3.8, 4) is 11.5 Å². The highest BCUT2D eigenvalue weighted by molar-refractivity contribution is 6.30. The number of phenols is 1. The molecule has 4 N–H and O–H groups in total. The molecule has 1 heterocycles. The van der Waals surface area contributed by atoms with Crippen LogP contribution in [0.2, 0.25) is 0 Å². The fraction of sp³-hybridized carbons (Fsp3) is 0.517. The summed E-state index contributed by atoms with van der Waals surface area (Å²) >= 11 is 0. The van der Waals surface area contributed by atoms with E-state index in [-0.39, 0.29) is 52.5 Å². The van der Waals surface area contributed by atoms with Crippen molar-refractivity contribution in [2.24, 2.45) is 0 Å².